The molecule has 1 aliphatic rings. The minimum absolute atomic E-state index is 0.100. The van der Waals surface area contributed by atoms with E-state index in [4.69, 9.17) is 18.9 Å². The molecule has 3 aromatic rings. The monoisotopic (exact) mass is 539 g/mol. The van der Waals surface area contributed by atoms with Crippen molar-refractivity contribution < 1.29 is 33.6 Å². The average Bonchev–Trinajstić information content (AvgIpc) is 3.47. The number of methoxy groups -OCH3 is 3. The van der Waals surface area contributed by atoms with Crippen LogP contribution in [0.3, 0.4) is 0 Å². The first kappa shape index (κ1) is 26.9. The van der Waals surface area contributed by atoms with Crippen LogP contribution in [0.15, 0.2) is 42.0 Å². The quantitative estimate of drug-likeness (QED) is 0.169. The molecule has 0 saturated carbocycles. The molecular formula is C27H29N3O7S. The summed E-state index contributed by atoms with van der Waals surface area (Å²) in [6.07, 6.45) is 1.93. The number of amides is 1. The predicted molar refractivity (Wildman–Crippen MR) is 142 cm³/mol. The Balaban J connectivity index is 1.88. The van der Waals surface area contributed by atoms with Gasteiger partial charge in [-0.05, 0) is 55.3 Å². The van der Waals surface area contributed by atoms with Crippen molar-refractivity contribution >= 4 is 33.9 Å². The fourth-order valence-corrected chi connectivity index (χ4v) is 4.90. The highest BCUT2D eigenvalue weighted by molar-refractivity contribution is 7.15. The van der Waals surface area contributed by atoms with Crippen molar-refractivity contribution in [3.05, 3.63) is 58.1 Å². The number of anilines is 1. The molecule has 0 spiro atoms. The van der Waals surface area contributed by atoms with Gasteiger partial charge in [-0.3, -0.25) is 14.5 Å². The normalized spacial score (nSPS) is 16.6. The maximum absolute atomic E-state index is 13.4. The lowest BCUT2D eigenvalue weighted by atomic mass is 9.94. The van der Waals surface area contributed by atoms with Crippen molar-refractivity contribution in [3.8, 4) is 23.0 Å². The average molecular weight is 540 g/mol. The van der Waals surface area contributed by atoms with Crippen molar-refractivity contribution in [3.63, 3.8) is 0 Å². The Kier molecular flexibility index (Phi) is 8.16. The Morgan fingerprint density at radius 3 is 2.21 bits per heavy atom. The lowest BCUT2D eigenvalue weighted by Crippen LogP contribution is -2.29. The summed E-state index contributed by atoms with van der Waals surface area (Å²) < 4.78 is 22.1. The third kappa shape index (κ3) is 5.01. The fraction of sp³-hybridized carbons (Fsp3) is 0.333. The van der Waals surface area contributed by atoms with E-state index in [-0.39, 0.29) is 16.5 Å². The zero-order valence-electron chi connectivity index (χ0n) is 21.8. The Hall–Kier alpha value is -4.12. The van der Waals surface area contributed by atoms with Crippen LogP contribution in [0.4, 0.5) is 5.13 Å². The van der Waals surface area contributed by atoms with Crippen LogP contribution in [0.1, 0.15) is 41.9 Å². The van der Waals surface area contributed by atoms with Crippen LogP contribution in [0, 0.1) is 6.92 Å². The van der Waals surface area contributed by atoms with Gasteiger partial charge in [-0.2, -0.15) is 0 Å². The number of nitrogens with zero attached hydrogens (tertiary/aromatic N) is 3. The number of unbranched alkanes of at least 4 members (excludes halogenated alkanes) is 1. The number of aryl methyl sites for hydroxylation is 1. The van der Waals surface area contributed by atoms with E-state index in [0.717, 1.165) is 24.2 Å². The number of carbonyl (C=O) groups excluding carboxylic acids is 2. The molecule has 1 amide bonds. The number of rotatable bonds is 10. The minimum Gasteiger partial charge on any atom is -0.507 e. The van der Waals surface area contributed by atoms with Gasteiger partial charge in [0.25, 0.3) is 5.78 Å². The summed E-state index contributed by atoms with van der Waals surface area (Å²) in [6, 6.07) is 8.95. The van der Waals surface area contributed by atoms with Crippen molar-refractivity contribution in [1.82, 2.24) is 10.2 Å². The summed E-state index contributed by atoms with van der Waals surface area (Å²) >= 11 is 1.16. The maximum atomic E-state index is 13.4. The predicted octanol–water partition coefficient (Wildman–Crippen LogP) is 4.68. The van der Waals surface area contributed by atoms with E-state index < -0.39 is 17.7 Å². The van der Waals surface area contributed by atoms with E-state index in [0.29, 0.717) is 45.7 Å². The lowest BCUT2D eigenvalue weighted by Gasteiger charge is -2.24. The number of ether oxygens (including phenoxy) is 4. The van der Waals surface area contributed by atoms with Crippen LogP contribution in [0.25, 0.3) is 5.76 Å². The van der Waals surface area contributed by atoms with Gasteiger partial charge in [0.15, 0.2) is 11.5 Å². The molecule has 0 bridgehead atoms. The highest BCUT2D eigenvalue weighted by Gasteiger charge is 2.48. The number of ketones is 1. The van der Waals surface area contributed by atoms with Crippen molar-refractivity contribution in [2.24, 2.45) is 0 Å². The van der Waals surface area contributed by atoms with Crippen molar-refractivity contribution in [2.45, 2.75) is 32.7 Å². The van der Waals surface area contributed by atoms with Gasteiger partial charge in [-0.25, -0.2) is 0 Å². The number of carbonyl (C=O) groups is 2. The van der Waals surface area contributed by atoms with Crippen LogP contribution in [-0.4, -0.2) is 54.9 Å². The third-order valence-corrected chi connectivity index (χ3v) is 6.90. The zero-order chi connectivity index (χ0) is 27.4. The number of hydrogen-bond donors (Lipinski definition) is 1. The van der Waals surface area contributed by atoms with Crippen LogP contribution >= 0.6 is 11.3 Å². The van der Waals surface area contributed by atoms with Crippen LogP contribution < -0.4 is 23.8 Å². The molecule has 1 fully saturated rings. The lowest BCUT2D eigenvalue weighted by molar-refractivity contribution is -0.132. The summed E-state index contributed by atoms with van der Waals surface area (Å²) in [4.78, 5) is 28.0. The summed E-state index contributed by atoms with van der Waals surface area (Å²) in [7, 11) is 4.41. The third-order valence-electron chi connectivity index (χ3n) is 6.06. The van der Waals surface area contributed by atoms with Crippen LogP contribution in [0.2, 0.25) is 0 Å². The molecular weight excluding hydrogens is 510 g/mol. The molecule has 1 N–H and O–H groups in total. The van der Waals surface area contributed by atoms with Gasteiger partial charge in [-0.15, -0.1) is 10.2 Å². The zero-order valence-corrected chi connectivity index (χ0v) is 22.6. The van der Waals surface area contributed by atoms with Crippen LogP contribution in [-0.2, 0) is 9.59 Å². The molecule has 0 aliphatic carbocycles. The number of benzene rings is 2. The van der Waals surface area contributed by atoms with Crippen LogP contribution in [0.5, 0.6) is 23.0 Å². The first-order chi connectivity index (χ1) is 18.3. The van der Waals surface area contributed by atoms with E-state index in [2.05, 4.69) is 17.1 Å². The van der Waals surface area contributed by atoms with E-state index in [1.54, 1.807) is 43.3 Å². The number of aliphatic hydroxyl groups excluding tert-OH is 1. The van der Waals surface area contributed by atoms with Gasteiger partial charge < -0.3 is 24.1 Å². The standard InChI is InChI=1S/C27H29N3O7S/c1-6-7-12-37-18-10-8-16(9-11-18)23(31)21-22(17-13-19(34-3)25(36-5)20(14-17)35-4)30(26(33)24(21)32)27-29-28-15(2)38-27/h8-11,13-14,22,31H,6-7,12H2,1-5H3/t22-/m1/s1. The highest BCUT2D eigenvalue weighted by Crippen LogP contribution is 2.47. The SMILES string of the molecule is CCCCOc1ccc(C(O)=C2C(=O)C(=O)N(c3nnc(C)s3)[C@@H]2c2cc(OC)c(OC)c(OC)c2)cc1. The Morgan fingerprint density at radius 2 is 1.68 bits per heavy atom. The smallest absolute Gasteiger partial charge is 0.301 e. The van der Waals surface area contributed by atoms with Gasteiger partial charge >= 0.3 is 5.91 Å². The molecule has 0 radical (unpaired) electrons. The molecule has 1 aliphatic heterocycles. The van der Waals surface area contributed by atoms with Gasteiger partial charge in [-0.1, -0.05) is 24.7 Å². The summed E-state index contributed by atoms with van der Waals surface area (Å²) in [5.41, 5.74) is 0.709. The number of aromatic nitrogens is 2. The number of Topliss-reactive ketones (excluding diaryl/α,β-unsaturated/α-hetero) is 1. The Labute approximate surface area is 224 Å². The minimum atomic E-state index is -1.03. The van der Waals surface area contributed by atoms with Gasteiger partial charge in [0.2, 0.25) is 10.9 Å². The number of aliphatic hydroxyl groups is 1. The molecule has 2 aromatic carbocycles. The first-order valence-electron chi connectivity index (χ1n) is 12.0. The van der Waals surface area contributed by atoms with Gasteiger partial charge in [0, 0.05) is 5.56 Å². The maximum Gasteiger partial charge on any atom is 0.301 e. The second-order valence-corrected chi connectivity index (χ2v) is 9.62. The first-order valence-corrected chi connectivity index (χ1v) is 12.8. The molecule has 4 rings (SSSR count). The summed E-state index contributed by atoms with van der Waals surface area (Å²) in [5.74, 6) is -0.365. The second kappa shape index (κ2) is 11.5. The highest BCUT2D eigenvalue weighted by atomic mass is 32.1. The molecule has 10 nitrogen and oxygen atoms in total. The fourth-order valence-electron chi connectivity index (χ4n) is 4.19. The van der Waals surface area contributed by atoms with E-state index in [9.17, 15) is 14.7 Å². The molecule has 200 valence electrons. The molecule has 1 aromatic heterocycles. The van der Waals surface area contributed by atoms with Gasteiger partial charge in [0.05, 0.1) is 39.6 Å². The molecule has 11 heteroatoms. The molecule has 1 atom stereocenters. The summed E-state index contributed by atoms with van der Waals surface area (Å²) in [5, 5.41) is 20.3. The topological polar surface area (TPSA) is 120 Å². The van der Waals surface area contributed by atoms with E-state index in [1.807, 2.05) is 0 Å². The molecule has 38 heavy (non-hydrogen) atoms. The largest absolute Gasteiger partial charge is 0.507 e. The van der Waals surface area contributed by atoms with Crippen molar-refractivity contribution in [2.75, 3.05) is 32.8 Å². The van der Waals surface area contributed by atoms with E-state index >= 15 is 0 Å². The Morgan fingerprint density at radius 1 is 1.03 bits per heavy atom. The number of hydrogen-bond acceptors (Lipinski definition) is 10. The summed E-state index contributed by atoms with van der Waals surface area (Å²) in [6.45, 7) is 4.40. The molecule has 1 saturated heterocycles. The molecule has 2 heterocycles. The molecule has 0 unspecified atom stereocenters. The second-order valence-electron chi connectivity index (χ2n) is 8.46. The van der Waals surface area contributed by atoms with Gasteiger partial charge in [0.1, 0.15) is 16.5 Å². The van der Waals surface area contributed by atoms with E-state index in [1.165, 1.54) is 26.2 Å². The Bertz CT molecular complexity index is 1340. The van der Waals surface area contributed by atoms with Crippen molar-refractivity contribution in [1.29, 1.82) is 0 Å².